The Bertz CT molecular complexity index is 392. The number of sulfone groups is 1. The molecular weight excluding hydrogens is 234 g/mol. The molecule has 0 aromatic heterocycles. The largest absolute Gasteiger partial charge is 0.327 e. The predicted octanol–water partition coefficient (Wildman–Crippen LogP) is 1.57. The lowest BCUT2D eigenvalue weighted by Gasteiger charge is -2.27. The van der Waals surface area contributed by atoms with E-state index in [1.54, 1.807) is 0 Å². The summed E-state index contributed by atoms with van der Waals surface area (Å²) in [5.74, 6) is 3.61. The number of hydrogen-bond acceptors (Lipinski definition) is 3. The second kappa shape index (κ2) is 4.23. The van der Waals surface area contributed by atoms with E-state index in [9.17, 15) is 8.42 Å². The highest BCUT2D eigenvalue weighted by Gasteiger charge is 2.41. The molecule has 0 aromatic carbocycles. The van der Waals surface area contributed by atoms with Crippen LogP contribution >= 0.6 is 0 Å². The van der Waals surface area contributed by atoms with Gasteiger partial charge in [0.2, 0.25) is 0 Å². The summed E-state index contributed by atoms with van der Waals surface area (Å²) in [6.45, 7) is 0. The maximum absolute atomic E-state index is 11.5. The molecule has 2 bridgehead atoms. The Labute approximate surface area is 104 Å². The van der Waals surface area contributed by atoms with Crippen molar-refractivity contribution in [1.82, 2.24) is 0 Å². The Hall–Kier alpha value is -0.0900. The summed E-state index contributed by atoms with van der Waals surface area (Å²) in [4.78, 5) is 0. The first-order chi connectivity index (χ1) is 8.03. The Balaban J connectivity index is 1.56. The van der Waals surface area contributed by atoms with Gasteiger partial charge in [-0.25, -0.2) is 8.42 Å². The fourth-order valence-corrected chi connectivity index (χ4v) is 6.26. The summed E-state index contributed by atoms with van der Waals surface area (Å²) in [5, 5.41) is 0. The first kappa shape index (κ1) is 12.0. The number of fused-ring (bicyclic) bond motifs is 2. The van der Waals surface area contributed by atoms with Crippen LogP contribution in [0.3, 0.4) is 0 Å². The van der Waals surface area contributed by atoms with Gasteiger partial charge in [-0.3, -0.25) is 0 Å². The molecule has 0 aromatic rings. The van der Waals surface area contributed by atoms with Gasteiger partial charge in [-0.15, -0.1) is 0 Å². The van der Waals surface area contributed by atoms with Crippen molar-refractivity contribution in [2.75, 3.05) is 11.5 Å². The molecule has 1 aliphatic heterocycles. The van der Waals surface area contributed by atoms with Crippen LogP contribution in [0.15, 0.2) is 0 Å². The summed E-state index contributed by atoms with van der Waals surface area (Å²) in [6.07, 6.45) is 7.46. The normalized spacial score (nSPS) is 45.2. The molecule has 4 heteroatoms. The van der Waals surface area contributed by atoms with Crippen LogP contribution in [0, 0.1) is 23.7 Å². The van der Waals surface area contributed by atoms with E-state index in [1.165, 1.54) is 25.7 Å². The fourth-order valence-electron chi connectivity index (χ4n) is 4.37. The summed E-state index contributed by atoms with van der Waals surface area (Å²) >= 11 is 0. The van der Waals surface area contributed by atoms with E-state index < -0.39 is 9.84 Å². The third-order valence-corrected chi connectivity index (χ3v) is 7.13. The van der Waals surface area contributed by atoms with Crippen LogP contribution in [0.1, 0.15) is 38.5 Å². The molecule has 0 amide bonds. The Kier molecular flexibility index (Phi) is 2.98. The maximum atomic E-state index is 11.5. The van der Waals surface area contributed by atoms with E-state index in [2.05, 4.69) is 0 Å². The Morgan fingerprint density at radius 3 is 2.53 bits per heavy atom. The minimum absolute atomic E-state index is 0.122. The first-order valence-electron chi connectivity index (χ1n) is 6.99. The van der Waals surface area contributed by atoms with Gasteiger partial charge in [-0.05, 0) is 55.8 Å². The molecule has 1 saturated heterocycles. The van der Waals surface area contributed by atoms with Crippen molar-refractivity contribution in [2.45, 2.75) is 44.6 Å². The van der Waals surface area contributed by atoms with E-state index in [4.69, 9.17) is 5.73 Å². The molecule has 3 rings (SSSR count). The molecule has 1 heterocycles. The van der Waals surface area contributed by atoms with Crippen molar-refractivity contribution >= 4 is 9.84 Å². The molecule has 2 aliphatic carbocycles. The van der Waals surface area contributed by atoms with Gasteiger partial charge >= 0.3 is 0 Å². The van der Waals surface area contributed by atoms with E-state index in [0.29, 0.717) is 11.5 Å². The maximum Gasteiger partial charge on any atom is 0.150 e. The summed E-state index contributed by atoms with van der Waals surface area (Å²) in [5.41, 5.74) is 6.25. The van der Waals surface area contributed by atoms with Crippen LogP contribution in [0.5, 0.6) is 0 Å². The smallest absolute Gasteiger partial charge is 0.150 e. The van der Waals surface area contributed by atoms with Gasteiger partial charge in [-0.1, -0.05) is 6.42 Å². The van der Waals surface area contributed by atoms with Gasteiger partial charge < -0.3 is 5.73 Å². The van der Waals surface area contributed by atoms with E-state index in [0.717, 1.165) is 30.6 Å². The highest BCUT2D eigenvalue weighted by molar-refractivity contribution is 7.91. The first-order valence-corrected chi connectivity index (χ1v) is 8.81. The van der Waals surface area contributed by atoms with Gasteiger partial charge in [0.15, 0.2) is 9.84 Å². The standard InChI is InChI=1S/C13H23NO2S/c14-13(11-3-4-17(15,16)8-11)7-12-6-9-1-2-10(12)5-9/h9-13H,1-8,14H2. The van der Waals surface area contributed by atoms with E-state index in [-0.39, 0.29) is 12.0 Å². The van der Waals surface area contributed by atoms with Crippen LogP contribution in [0.2, 0.25) is 0 Å². The molecule has 2 N–H and O–H groups in total. The van der Waals surface area contributed by atoms with Gasteiger partial charge in [0.05, 0.1) is 11.5 Å². The molecule has 5 unspecified atom stereocenters. The molecule has 3 nitrogen and oxygen atoms in total. The lowest BCUT2D eigenvalue weighted by molar-refractivity contribution is 0.270. The van der Waals surface area contributed by atoms with Crippen LogP contribution in [-0.4, -0.2) is 26.0 Å². The van der Waals surface area contributed by atoms with Crippen molar-refractivity contribution in [2.24, 2.45) is 29.4 Å². The average molecular weight is 257 g/mol. The summed E-state index contributed by atoms with van der Waals surface area (Å²) < 4.78 is 22.9. The minimum atomic E-state index is -2.76. The highest BCUT2D eigenvalue weighted by Crippen LogP contribution is 2.50. The van der Waals surface area contributed by atoms with Crippen LogP contribution in [0.4, 0.5) is 0 Å². The predicted molar refractivity (Wildman–Crippen MR) is 68.3 cm³/mol. The van der Waals surface area contributed by atoms with Gasteiger partial charge in [0.25, 0.3) is 0 Å². The quantitative estimate of drug-likeness (QED) is 0.835. The van der Waals surface area contributed by atoms with Crippen molar-refractivity contribution in [3.05, 3.63) is 0 Å². The van der Waals surface area contributed by atoms with Crippen LogP contribution in [-0.2, 0) is 9.84 Å². The van der Waals surface area contributed by atoms with Gasteiger partial charge in [-0.2, -0.15) is 0 Å². The monoisotopic (exact) mass is 257 g/mol. The zero-order chi connectivity index (χ0) is 12.0. The molecule has 0 radical (unpaired) electrons. The molecule has 3 aliphatic rings. The highest BCUT2D eigenvalue weighted by atomic mass is 32.2. The second-order valence-electron chi connectivity index (χ2n) is 6.50. The van der Waals surface area contributed by atoms with Crippen LogP contribution in [0.25, 0.3) is 0 Å². The molecule has 0 spiro atoms. The van der Waals surface area contributed by atoms with E-state index in [1.807, 2.05) is 0 Å². The number of rotatable bonds is 3. The van der Waals surface area contributed by atoms with Crippen molar-refractivity contribution in [3.63, 3.8) is 0 Å². The minimum Gasteiger partial charge on any atom is -0.327 e. The van der Waals surface area contributed by atoms with E-state index >= 15 is 0 Å². The fraction of sp³-hybridized carbons (Fsp3) is 1.00. The zero-order valence-corrected chi connectivity index (χ0v) is 11.2. The number of nitrogens with two attached hydrogens (primary N) is 1. The molecular formula is C13H23NO2S. The van der Waals surface area contributed by atoms with Gasteiger partial charge in [0.1, 0.15) is 0 Å². The third kappa shape index (κ3) is 2.39. The summed E-state index contributed by atoms with van der Waals surface area (Å²) in [6, 6.07) is 0.122. The van der Waals surface area contributed by atoms with Crippen LogP contribution < -0.4 is 5.73 Å². The lowest BCUT2D eigenvalue weighted by Crippen LogP contribution is -2.34. The van der Waals surface area contributed by atoms with Crippen molar-refractivity contribution in [3.8, 4) is 0 Å². The molecule has 2 saturated carbocycles. The lowest BCUT2D eigenvalue weighted by atomic mass is 9.81. The molecule has 17 heavy (non-hydrogen) atoms. The van der Waals surface area contributed by atoms with Gasteiger partial charge in [0, 0.05) is 6.04 Å². The summed E-state index contributed by atoms with van der Waals surface area (Å²) in [7, 11) is -2.76. The second-order valence-corrected chi connectivity index (χ2v) is 8.73. The Morgan fingerprint density at radius 1 is 1.18 bits per heavy atom. The average Bonchev–Trinajstić information content (AvgIpc) is 2.92. The topological polar surface area (TPSA) is 60.2 Å². The molecule has 98 valence electrons. The SMILES string of the molecule is NC(CC1CC2CCC1C2)C1CCS(=O)(=O)C1. The Morgan fingerprint density at radius 2 is 2.00 bits per heavy atom. The third-order valence-electron chi connectivity index (χ3n) is 5.33. The van der Waals surface area contributed by atoms with Crippen molar-refractivity contribution in [1.29, 1.82) is 0 Å². The molecule has 5 atom stereocenters. The van der Waals surface area contributed by atoms with Crippen molar-refractivity contribution < 1.29 is 8.42 Å². The number of hydrogen-bond donors (Lipinski definition) is 1. The zero-order valence-electron chi connectivity index (χ0n) is 10.3. The molecule has 3 fully saturated rings.